The SMILES string of the molecule is CC(C)(C(=O)O)S(=O)CCC1CC1. The molecule has 3 nitrogen and oxygen atoms in total. The van der Waals surface area contributed by atoms with Crippen LogP contribution in [0.3, 0.4) is 0 Å². The average Bonchev–Trinajstić information content (AvgIpc) is 2.82. The van der Waals surface area contributed by atoms with E-state index in [9.17, 15) is 9.00 Å². The van der Waals surface area contributed by atoms with Gasteiger partial charge >= 0.3 is 5.97 Å². The number of carbonyl (C=O) groups is 1. The summed E-state index contributed by atoms with van der Waals surface area (Å²) in [6.45, 7) is 3.05. The molecular formula is C9H16O3S. The lowest BCUT2D eigenvalue weighted by Crippen LogP contribution is -2.37. The number of rotatable bonds is 5. The zero-order valence-electron chi connectivity index (χ0n) is 8.08. The van der Waals surface area contributed by atoms with E-state index in [2.05, 4.69) is 0 Å². The molecule has 0 bridgehead atoms. The Balaban J connectivity index is 2.39. The van der Waals surface area contributed by atoms with Crippen LogP contribution in [-0.4, -0.2) is 25.8 Å². The van der Waals surface area contributed by atoms with Gasteiger partial charge in [0.15, 0.2) is 0 Å². The number of hydrogen-bond acceptors (Lipinski definition) is 2. The van der Waals surface area contributed by atoms with E-state index in [0.29, 0.717) is 11.7 Å². The van der Waals surface area contributed by atoms with Gasteiger partial charge in [-0.1, -0.05) is 12.8 Å². The molecule has 1 unspecified atom stereocenters. The van der Waals surface area contributed by atoms with Crippen molar-refractivity contribution in [1.29, 1.82) is 0 Å². The van der Waals surface area contributed by atoms with Gasteiger partial charge in [0, 0.05) is 16.6 Å². The maximum absolute atomic E-state index is 11.6. The Hall–Kier alpha value is -0.380. The van der Waals surface area contributed by atoms with Crippen LogP contribution in [-0.2, 0) is 15.6 Å². The van der Waals surface area contributed by atoms with Gasteiger partial charge in [-0.25, -0.2) is 0 Å². The molecule has 13 heavy (non-hydrogen) atoms. The van der Waals surface area contributed by atoms with Crippen molar-refractivity contribution >= 4 is 16.8 Å². The lowest BCUT2D eigenvalue weighted by atomic mass is 10.2. The first-order valence-corrected chi connectivity index (χ1v) is 5.88. The molecular weight excluding hydrogens is 188 g/mol. The fourth-order valence-electron chi connectivity index (χ4n) is 1.03. The van der Waals surface area contributed by atoms with Gasteiger partial charge in [-0.05, 0) is 26.2 Å². The summed E-state index contributed by atoms with van der Waals surface area (Å²) in [4.78, 5) is 10.7. The summed E-state index contributed by atoms with van der Waals surface area (Å²) in [7, 11) is -1.24. The van der Waals surface area contributed by atoms with Crippen LogP contribution in [0.2, 0.25) is 0 Å². The number of carboxylic acid groups (broad SMARTS) is 1. The predicted octanol–water partition coefficient (Wildman–Crippen LogP) is 1.40. The maximum Gasteiger partial charge on any atom is 0.321 e. The summed E-state index contributed by atoms with van der Waals surface area (Å²) < 4.78 is 10.5. The van der Waals surface area contributed by atoms with Gasteiger partial charge < -0.3 is 5.11 Å². The Morgan fingerprint density at radius 3 is 2.46 bits per heavy atom. The second-order valence-electron chi connectivity index (χ2n) is 4.10. The number of aliphatic carboxylic acids is 1. The summed E-state index contributed by atoms with van der Waals surface area (Å²) >= 11 is 0. The van der Waals surface area contributed by atoms with Crippen LogP contribution >= 0.6 is 0 Å². The van der Waals surface area contributed by atoms with E-state index >= 15 is 0 Å². The van der Waals surface area contributed by atoms with Crippen LogP contribution < -0.4 is 0 Å². The van der Waals surface area contributed by atoms with Crippen molar-refractivity contribution in [1.82, 2.24) is 0 Å². The fraction of sp³-hybridized carbons (Fsp3) is 0.889. The topological polar surface area (TPSA) is 54.4 Å². The van der Waals surface area contributed by atoms with Gasteiger partial charge in [0.05, 0.1) is 0 Å². The number of hydrogen-bond donors (Lipinski definition) is 1. The summed E-state index contributed by atoms with van der Waals surface area (Å²) in [6, 6.07) is 0. The molecule has 0 aromatic rings. The second-order valence-corrected chi connectivity index (χ2v) is 6.22. The first-order valence-electron chi connectivity index (χ1n) is 4.56. The first-order chi connectivity index (χ1) is 5.94. The molecule has 4 heteroatoms. The Bertz CT molecular complexity index is 231. The molecule has 1 N–H and O–H groups in total. The van der Waals surface area contributed by atoms with Crippen molar-refractivity contribution in [3.8, 4) is 0 Å². The molecule has 0 aliphatic heterocycles. The third kappa shape index (κ3) is 2.79. The second kappa shape index (κ2) is 3.78. The van der Waals surface area contributed by atoms with Crippen molar-refractivity contribution in [2.75, 3.05) is 5.75 Å². The molecule has 0 aromatic carbocycles. The van der Waals surface area contributed by atoms with Crippen molar-refractivity contribution in [3.05, 3.63) is 0 Å². The fourth-order valence-corrected chi connectivity index (χ4v) is 2.29. The quantitative estimate of drug-likeness (QED) is 0.736. The predicted molar refractivity (Wildman–Crippen MR) is 52.1 cm³/mol. The van der Waals surface area contributed by atoms with E-state index in [-0.39, 0.29) is 0 Å². The Morgan fingerprint density at radius 1 is 1.54 bits per heavy atom. The van der Waals surface area contributed by atoms with Gasteiger partial charge in [-0.2, -0.15) is 0 Å². The standard InChI is InChI=1S/C9H16O3S/c1-9(2,8(10)11)13(12)6-5-7-3-4-7/h7H,3-6H2,1-2H3,(H,10,11). The Kier molecular flexibility index (Phi) is 3.11. The monoisotopic (exact) mass is 204 g/mol. The molecule has 1 atom stereocenters. The lowest BCUT2D eigenvalue weighted by Gasteiger charge is -2.17. The maximum atomic E-state index is 11.6. The Labute approximate surface area is 81.0 Å². The van der Waals surface area contributed by atoms with Crippen LogP contribution in [0.5, 0.6) is 0 Å². The van der Waals surface area contributed by atoms with Crippen LogP contribution in [0, 0.1) is 5.92 Å². The van der Waals surface area contributed by atoms with Gasteiger partial charge in [0.1, 0.15) is 4.75 Å². The first kappa shape index (κ1) is 10.7. The van der Waals surface area contributed by atoms with E-state index in [0.717, 1.165) is 6.42 Å². The minimum absolute atomic E-state index is 0.532. The minimum atomic E-state index is -1.24. The molecule has 1 saturated carbocycles. The molecule has 0 aromatic heterocycles. The largest absolute Gasteiger partial charge is 0.480 e. The van der Waals surface area contributed by atoms with E-state index < -0.39 is 21.5 Å². The van der Waals surface area contributed by atoms with Gasteiger partial charge in [-0.15, -0.1) is 0 Å². The van der Waals surface area contributed by atoms with Crippen LogP contribution in [0.4, 0.5) is 0 Å². The zero-order valence-corrected chi connectivity index (χ0v) is 8.89. The van der Waals surface area contributed by atoms with Crippen molar-refractivity contribution in [3.63, 3.8) is 0 Å². The summed E-state index contributed by atoms with van der Waals surface area (Å²) in [5.41, 5.74) is 0. The molecule has 0 heterocycles. The highest BCUT2D eigenvalue weighted by molar-refractivity contribution is 7.87. The molecule has 1 aliphatic rings. The van der Waals surface area contributed by atoms with Crippen molar-refractivity contribution in [2.24, 2.45) is 5.92 Å². The highest BCUT2D eigenvalue weighted by atomic mass is 32.2. The molecule has 0 radical (unpaired) electrons. The summed E-state index contributed by atoms with van der Waals surface area (Å²) in [5, 5.41) is 8.80. The zero-order chi connectivity index (χ0) is 10.1. The van der Waals surface area contributed by atoms with E-state index in [4.69, 9.17) is 5.11 Å². The van der Waals surface area contributed by atoms with E-state index in [1.165, 1.54) is 26.7 Å². The lowest BCUT2D eigenvalue weighted by molar-refractivity contribution is -0.139. The third-order valence-electron chi connectivity index (χ3n) is 2.49. The molecule has 0 spiro atoms. The molecule has 0 saturated heterocycles. The van der Waals surface area contributed by atoms with E-state index in [1.54, 1.807) is 0 Å². The average molecular weight is 204 g/mol. The molecule has 76 valence electrons. The van der Waals surface area contributed by atoms with Crippen LogP contribution in [0.1, 0.15) is 33.1 Å². The number of carboxylic acids is 1. The molecule has 1 aliphatic carbocycles. The summed E-state index contributed by atoms with van der Waals surface area (Å²) in [5.74, 6) is 0.277. The smallest absolute Gasteiger partial charge is 0.321 e. The summed E-state index contributed by atoms with van der Waals surface area (Å²) in [6.07, 6.45) is 3.37. The molecule has 1 fully saturated rings. The highest BCUT2D eigenvalue weighted by Crippen LogP contribution is 2.33. The molecule has 0 amide bonds. The van der Waals surface area contributed by atoms with Gasteiger partial charge in [0.2, 0.25) is 0 Å². The van der Waals surface area contributed by atoms with Crippen molar-refractivity contribution < 1.29 is 14.1 Å². The highest BCUT2D eigenvalue weighted by Gasteiger charge is 2.35. The van der Waals surface area contributed by atoms with Crippen LogP contribution in [0.15, 0.2) is 0 Å². The van der Waals surface area contributed by atoms with E-state index in [1.807, 2.05) is 0 Å². The van der Waals surface area contributed by atoms with Crippen LogP contribution in [0.25, 0.3) is 0 Å². The Morgan fingerprint density at radius 2 is 2.08 bits per heavy atom. The minimum Gasteiger partial charge on any atom is -0.480 e. The third-order valence-corrected chi connectivity index (χ3v) is 4.41. The van der Waals surface area contributed by atoms with Crippen molar-refractivity contribution in [2.45, 2.75) is 37.9 Å². The normalized spacial score (nSPS) is 19.8. The molecule has 1 rings (SSSR count). The van der Waals surface area contributed by atoms with Gasteiger partial charge in [-0.3, -0.25) is 9.00 Å². The van der Waals surface area contributed by atoms with Gasteiger partial charge in [0.25, 0.3) is 0 Å².